The molecule has 0 aliphatic carbocycles. The van der Waals surface area contributed by atoms with Crippen LogP contribution < -0.4 is 10.4 Å². The highest BCUT2D eigenvalue weighted by molar-refractivity contribution is 6.63. The van der Waals surface area contributed by atoms with Gasteiger partial charge in [-0.15, -0.1) is 0 Å². The van der Waals surface area contributed by atoms with Crippen LogP contribution in [0.5, 0.6) is 0 Å². The van der Waals surface area contributed by atoms with Crippen molar-refractivity contribution in [2.24, 2.45) is 5.41 Å². The second kappa shape index (κ2) is 6.31. The number of nitrogens with zero attached hydrogens (tertiary/aromatic N) is 1. The Balaban J connectivity index is 2.42. The fourth-order valence-electron chi connectivity index (χ4n) is 2.38. The van der Waals surface area contributed by atoms with Gasteiger partial charge in [0.2, 0.25) is 0 Å². The van der Waals surface area contributed by atoms with Crippen LogP contribution >= 0.6 is 0 Å². The molecule has 0 spiro atoms. The highest BCUT2D eigenvalue weighted by Gasteiger charge is 2.28. The molecule has 2 aromatic carbocycles. The maximum absolute atomic E-state index is 10.5. The quantitative estimate of drug-likeness (QED) is 0.881. The van der Waals surface area contributed by atoms with Gasteiger partial charge in [0.1, 0.15) is 0 Å². The second-order valence-electron chi connectivity index (χ2n) is 7.11. The highest BCUT2D eigenvalue weighted by atomic mass is 16.5. The van der Waals surface area contributed by atoms with Crippen molar-refractivity contribution >= 4 is 29.0 Å². The van der Waals surface area contributed by atoms with Crippen LogP contribution in [-0.4, -0.2) is 32.3 Å². The maximum atomic E-state index is 10.5. The molecule has 0 fully saturated rings. The van der Waals surface area contributed by atoms with Gasteiger partial charge in [-0.2, -0.15) is 0 Å². The smallest absolute Gasteiger partial charge is 0.423 e. The molecule has 0 aliphatic rings. The summed E-state index contributed by atoms with van der Waals surface area (Å²) in [7, 11) is 3.13. The molecule has 0 bridgehead atoms. The van der Waals surface area contributed by atoms with Crippen LogP contribution in [-0.2, 0) is 4.65 Å². The van der Waals surface area contributed by atoms with Gasteiger partial charge in [-0.1, -0.05) is 51.1 Å². The Hall–Kier alpha value is -1.52. The third-order valence-corrected chi connectivity index (χ3v) is 4.24. The molecule has 0 aliphatic heterocycles. The second-order valence-corrected chi connectivity index (χ2v) is 7.11. The van der Waals surface area contributed by atoms with Crippen molar-refractivity contribution in [3.63, 3.8) is 0 Å². The summed E-state index contributed by atoms with van der Waals surface area (Å²) in [4.78, 5) is 2.08. The van der Waals surface area contributed by atoms with Gasteiger partial charge in [-0.05, 0) is 29.3 Å². The summed E-state index contributed by atoms with van der Waals surface area (Å²) in [6.45, 7) is 8.33. The lowest BCUT2D eigenvalue weighted by molar-refractivity contribution is 0.0860. The first kappa shape index (κ1) is 16.8. The zero-order chi connectivity index (χ0) is 16.5. The average molecular weight is 299 g/mol. The van der Waals surface area contributed by atoms with Crippen molar-refractivity contribution in [1.82, 2.24) is 0 Å². The Morgan fingerprint density at radius 1 is 1.05 bits per heavy atom. The molecular weight excluding hydrogens is 273 g/mol. The van der Waals surface area contributed by atoms with Crippen molar-refractivity contribution in [3.8, 4) is 0 Å². The van der Waals surface area contributed by atoms with Crippen LogP contribution in [0.15, 0.2) is 36.4 Å². The SMILES string of the molecule is CC(OB(O)c1ccc(N(C)C)c2ccccc12)C(C)(C)C. The van der Waals surface area contributed by atoms with E-state index in [1.54, 1.807) is 0 Å². The van der Waals surface area contributed by atoms with Crippen LogP contribution in [0.25, 0.3) is 10.8 Å². The summed E-state index contributed by atoms with van der Waals surface area (Å²) in [5.41, 5.74) is 1.94. The Kier molecular flexibility index (Phi) is 4.83. The third kappa shape index (κ3) is 3.45. The highest BCUT2D eigenvalue weighted by Crippen LogP contribution is 2.26. The monoisotopic (exact) mass is 299 g/mol. The van der Waals surface area contributed by atoms with Crippen molar-refractivity contribution in [1.29, 1.82) is 0 Å². The third-order valence-electron chi connectivity index (χ3n) is 4.24. The Morgan fingerprint density at radius 3 is 2.18 bits per heavy atom. The molecule has 2 aromatic rings. The van der Waals surface area contributed by atoms with Gasteiger partial charge >= 0.3 is 7.12 Å². The van der Waals surface area contributed by atoms with Gasteiger partial charge in [0.25, 0.3) is 0 Å². The zero-order valence-corrected chi connectivity index (χ0v) is 14.4. The first-order valence-corrected chi connectivity index (χ1v) is 7.74. The van der Waals surface area contributed by atoms with Crippen LogP contribution in [0.4, 0.5) is 5.69 Å². The van der Waals surface area contributed by atoms with Crippen molar-refractivity contribution in [2.45, 2.75) is 33.8 Å². The number of rotatable bonds is 4. The summed E-state index contributed by atoms with van der Waals surface area (Å²) < 4.78 is 5.85. The van der Waals surface area contributed by atoms with E-state index in [9.17, 15) is 5.02 Å². The Bertz CT molecular complexity index is 649. The summed E-state index contributed by atoms with van der Waals surface area (Å²) in [6.07, 6.45) is -0.0465. The molecule has 0 radical (unpaired) electrons. The van der Waals surface area contributed by atoms with Gasteiger partial charge < -0.3 is 14.6 Å². The largest absolute Gasteiger partial charge is 0.491 e. The normalized spacial score (nSPS) is 13.2. The van der Waals surface area contributed by atoms with Crippen molar-refractivity contribution < 1.29 is 9.68 Å². The molecule has 1 unspecified atom stereocenters. The molecule has 2 rings (SSSR count). The topological polar surface area (TPSA) is 32.7 Å². The minimum atomic E-state index is -0.921. The minimum absolute atomic E-state index is 0.0135. The molecule has 0 saturated heterocycles. The number of anilines is 1. The van der Waals surface area contributed by atoms with E-state index in [0.717, 1.165) is 21.9 Å². The van der Waals surface area contributed by atoms with Crippen molar-refractivity contribution in [3.05, 3.63) is 36.4 Å². The van der Waals surface area contributed by atoms with E-state index in [1.807, 2.05) is 51.4 Å². The number of hydrogen-bond acceptors (Lipinski definition) is 3. The Morgan fingerprint density at radius 2 is 1.64 bits per heavy atom. The molecule has 0 saturated carbocycles. The van der Waals surface area contributed by atoms with E-state index < -0.39 is 7.12 Å². The first-order chi connectivity index (χ1) is 10.2. The number of benzene rings is 2. The van der Waals surface area contributed by atoms with E-state index in [-0.39, 0.29) is 11.5 Å². The molecule has 0 heterocycles. The van der Waals surface area contributed by atoms with E-state index in [2.05, 4.69) is 31.7 Å². The molecule has 118 valence electrons. The van der Waals surface area contributed by atoms with Gasteiger partial charge in [0.05, 0.1) is 0 Å². The summed E-state index contributed by atoms with van der Waals surface area (Å²) in [5, 5.41) is 12.7. The van der Waals surface area contributed by atoms with E-state index >= 15 is 0 Å². The van der Waals surface area contributed by atoms with Gasteiger partial charge in [0, 0.05) is 31.3 Å². The van der Waals surface area contributed by atoms with Crippen LogP contribution in [0, 0.1) is 5.41 Å². The van der Waals surface area contributed by atoms with Gasteiger partial charge in [0.15, 0.2) is 0 Å². The average Bonchev–Trinajstić information content (AvgIpc) is 2.44. The first-order valence-electron chi connectivity index (χ1n) is 7.74. The minimum Gasteiger partial charge on any atom is -0.423 e. The van der Waals surface area contributed by atoms with Gasteiger partial charge in [-0.3, -0.25) is 0 Å². The predicted molar refractivity (Wildman–Crippen MR) is 95.9 cm³/mol. The lowest BCUT2D eigenvalue weighted by Gasteiger charge is -2.29. The Labute approximate surface area is 134 Å². The molecule has 1 N–H and O–H groups in total. The van der Waals surface area contributed by atoms with E-state index in [4.69, 9.17) is 4.65 Å². The van der Waals surface area contributed by atoms with Gasteiger partial charge in [-0.25, -0.2) is 0 Å². The van der Waals surface area contributed by atoms with Crippen LogP contribution in [0.1, 0.15) is 27.7 Å². The molecule has 0 aromatic heterocycles. The maximum Gasteiger partial charge on any atom is 0.491 e. The fourth-order valence-corrected chi connectivity index (χ4v) is 2.38. The van der Waals surface area contributed by atoms with Crippen LogP contribution in [0.2, 0.25) is 0 Å². The molecule has 22 heavy (non-hydrogen) atoms. The lowest BCUT2D eigenvalue weighted by Crippen LogP contribution is -2.41. The number of hydrogen-bond donors (Lipinski definition) is 1. The fraction of sp³-hybridized carbons (Fsp3) is 0.444. The van der Waals surface area contributed by atoms with Crippen LogP contribution in [0.3, 0.4) is 0 Å². The standard InChI is InChI=1S/C18H26BNO2/c1-13(18(2,3)4)22-19(21)16-11-12-17(20(5)6)15-10-8-7-9-14(15)16/h7-13,21H,1-6H3. The van der Waals surface area contributed by atoms with Crippen molar-refractivity contribution in [2.75, 3.05) is 19.0 Å². The zero-order valence-electron chi connectivity index (χ0n) is 14.4. The van der Waals surface area contributed by atoms with E-state index in [0.29, 0.717) is 0 Å². The molecule has 1 atom stereocenters. The molecule has 0 amide bonds. The summed E-state index contributed by atoms with van der Waals surface area (Å²) >= 11 is 0. The predicted octanol–water partition coefficient (Wildman–Crippen LogP) is 3.04. The molecule has 3 nitrogen and oxygen atoms in total. The lowest BCUT2D eigenvalue weighted by atomic mass is 9.75. The summed E-state index contributed by atoms with van der Waals surface area (Å²) in [6, 6.07) is 12.1. The molecule has 4 heteroatoms. The number of fused-ring (bicyclic) bond motifs is 1. The summed E-state index contributed by atoms with van der Waals surface area (Å²) in [5.74, 6) is 0. The van der Waals surface area contributed by atoms with E-state index in [1.165, 1.54) is 0 Å². The molecular formula is C18H26BNO2.